The average Bonchev–Trinajstić information content (AvgIpc) is 2.63. The van der Waals surface area contributed by atoms with Gasteiger partial charge in [0, 0.05) is 26.3 Å². The van der Waals surface area contributed by atoms with Crippen LogP contribution in [0.1, 0.15) is 84.1 Å². The Morgan fingerprint density at radius 3 is 1.88 bits per heavy atom. The van der Waals surface area contributed by atoms with Crippen molar-refractivity contribution >= 4 is 10.8 Å². The minimum absolute atomic E-state index is 0. The fourth-order valence-corrected chi connectivity index (χ4v) is 4.04. The molecule has 1 heterocycles. The number of rotatable bonds is 3. The summed E-state index contributed by atoms with van der Waals surface area (Å²) in [5, 5.41) is 19.6. The molecule has 189 valence electrons. The fraction of sp³-hybridized carbons (Fsp3) is 0.500. The third-order valence-corrected chi connectivity index (χ3v) is 5.65. The van der Waals surface area contributed by atoms with Crippen LogP contribution in [0.5, 0.6) is 0 Å². The van der Waals surface area contributed by atoms with Gasteiger partial charge in [0.25, 0.3) is 0 Å². The van der Waals surface area contributed by atoms with Crippen LogP contribution in [0.4, 0.5) is 0 Å². The maximum atomic E-state index is 8.56. The number of nitrogens with zero attached hydrogens (tertiary/aromatic N) is 1. The number of hydrogen-bond donors (Lipinski definition) is 2. The van der Waals surface area contributed by atoms with Gasteiger partial charge in [0.15, 0.2) is 0 Å². The van der Waals surface area contributed by atoms with E-state index in [9.17, 15) is 0 Å². The SMILES string of the molecule is CC(O)CC(C)O.Cc1[c-]c(-c2ncc(C(C)(C)C)c3cc(C(C)(C)C)ccc23)cc(C)c1.[Ir]. The first kappa shape index (κ1) is 30.5. The van der Waals surface area contributed by atoms with Crippen LogP contribution in [-0.4, -0.2) is 27.4 Å². The first-order valence-electron chi connectivity index (χ1n) is 11.9. The average molecular weight is 641 g/mol. The van der Waals surface area contributed by atoms with Crippen molar-refractivity contribution in [3.63, 3.8) is 0 Å². The van der Waals surface area contributed by atoms with Crippen molar-refractivity contribution in [2.75, 3.05) is 0 Å². The molecule has 2 unspecified atom stereocenters. The number of aromatic nitrogens is 1. The Bertz CT molecular complexity index is 1060. The molecule has 3 nitrogen and oxygen atoms in total. The Morgan fingerprint density at radius 1 is 0.853 bits per heavy atom. The van der Waals surface area contributed by atoms with Gasteiger partial charge in [-0.25, -0.2) is 0 Å². The first-order chi connectivity index (χ1) is 15.1. The van der Waals surface area contributed by atoms with E-state index in [2.05, 4.69) is 98.0 Å². The molecular weight excluding hydrogens is 599 g/mol. The number of hydrogen-bond acceptors (Lipinski definition) is 3. The largest absolute Gasteiger partial charge is 0.393 e. The molecule has 2 aromatic carbocycles. The van der Waals surface area contributed by atoms with E-state index in [0.29, 0.717) is 6.42 Å². The third-order valence-electron chi connectivity index (χ3n) is 5.65. The van der Waals surface area contributed by atoms with Crippen LogP contribution in [0, 0.1) is 19.9 Å². The van der Waals surface area contributed by atoms with Gasteiger partial charge in [0.05, 0.1) is 12.2 Å². The zero-order valence-corrected chi connectivity index (χ0v) is 24.9. The van der Waals surface area contributed by atoms with E-state index >= 15 is 0 Å². The van der Waals surface area contributed by atoms with Crippen molar-refractivity contribution in [2.45, 2.75) is 98.7 Å². The van der Waals surface area contributed by atoms with E-state index in [0.717, 1.165) is 16.8 Å². The maximum absolute atomic E-state index is 8.56. The summed E-state index contributed by atoms with van der Waals surface area (Å²) >= 11 is 0. The summed E-state index contributed by atoms with van der Waals surface area (Å²) < 4.78 is 0. The minimum atomic E-state index is -0.375. The first-order valence-corrected chi connectivity index (χ1v) is 11.9. The van der Waals surface area contributed by atoms with Crippen LogP contribution in [0.15, 0.2) is 36.5 Å². The Kier molecular flexibility index (Phi) is 10.7. The monoisotopic (exact) mass is 641 g/mol. The van der Waals surface area contributed by atoms with Crippen LogP contribution in [0.25, 0.3) is 22.0 Å². The van der Waals surface area contributed by atoms with Gasteiger partial charge in [0.2, 0.25) is 0 Å². The zero-order chi connectivity index (χ0) is 25.1. The number of aryl methyl sites for hydroxylation is 2. The predicted octanol–water partition coefficient (Wildman–Crippen LogP) is 7.05. The van der Waals surface area contributed by atoms with Crippen LogP contribution in [-0.2, 0) is 30.9 Å². The smallest absolute Gasteiger partial charge is 0.0536 e. The van der Waals surface area contributed by atoms with Crippen molar-refractivity contribution < 1.29 is 30.3 Å². The third kappa shape index (κ3) is 8.27. The molecule has 0 amide bonds. The molecule has 0 aliphatic rings. The summed E-state index contributed by atoms with van der Waals surface area (Å²) in [6.45, 7) is 21.1. The van der Waals surface area contributed by atoms with Crippen molar-refractivity contribution in [1.82, 2.24) is 4.98 Å². The molecule has 2 N–H and O–H groups in total. The molecule has 0 spiro atoms. The number of aliphatic hydroxyl groups excluding tert-OH is 2. The Hall–Kier alpha value is -1.58. The molecule has 3 rings (SSSR count). The predicted molar refractivity (Wildman–Crippen MR) is 141 cm³/mol. The molecule has 2 atom stereocenters. The van der Waals surface area contributed by atoms with Crippen LogP contribution in [0.2, 0.25) is 0 Å². The van der Waals surface area contributed by atoms with E-state index in [1.807, 2.05) is 0 Å². The van der Waals surface area contributed by atoms with E-state index in [1.54, 1.807) is 13.8 Å². The molecule has 0 bridgehead atoms. The number of benzene rings is 2. The molecule has 3 aromatic rings. The van der Waals surface area contributed by atoms with Crippen LogP contribution < -0.4 is 0 Å². The van der Waals surface area contributed by atoms with Gasteiger partial charge in [-0.05, 0) is 58.7 Å². The molecule has 1 radical (unpaired) electrons. The maximum Gasteiger partial charge on any atom is 0.0536 e. The van der Waals surface area contributed by atoms with Crippen molar-refractivity contribution in [3.8, 4) is 11.3 Å². The Balaban J connectivity index is 0.000000633. The van der Waals surface area contributed by atoms with E-state index in [-0.39, 0.29) is 43.1 Å². The van der Waals surface area contributed by atoms with Crippen LogP contribution in [0.3, 0.4) is 0 Å². The molecule has 0 saturated carbocycles. The van der Waals surface area contributed by atoms with Gasteiger partial charge in [-0.2, -0.15) is 0 Å². The van der Waals surface area contributed by atoms with Gasteiger partial charge in [-0.1, -0.05) is 73.6 Å². The molecule has 34 heavy (non-hydrogen) atoms. The summed E-state index contributed by atoms with van der Waals surface area (Å²) in [4.78, 5) is 4.89. The number of pyridine rings is 1. The summed E-state index contributed by atoms with van der Waals surface area (Å²) in [7, 11) is 0. The van der Waals surface area contributed by atoms with Gasteiger partial charge in [0.1, 0.15) is 0 Å². The second kappa shape index (κ2) is 11.9. The summed E-state index contributed by atoms with van der Waals surface area (Å²) in [5.74, 6) is 0. The second-order valence-corrected chi connectivity index (χ2v) is 11.5. The zero-order valence-electron chi connectivity index (χ0n) is 22.5. The fourth-order valence-electron chi connectivity index (χ4n) is 4.04. The normalized spacial score (nSPS) is 13.5. The van der Waals surface area contributed by atoms with Crippen molar-refractivity contribution in [2.24, 2.45) is 0 Å². The molecule has 0 saturated heterocycles. The Morgan fingerprint density at radius 2 is 1.44 bits per heavy atom. The summed E-state index contributed by atoms with van der Waals surface area (Å²) in [5.41, 5.74) is 7.34. The molecule has 4 heteroatoms. The summed E-state index contributed by atoms with van der Waals surface area (Å²) in [6, 6.07) is 14.7. The van der Waals surface area contributed by atoms with Crippen LogP contribution >= 0.6 is 0 Å². The van der Waals surface area contributed by atoms with Crippen molar-refractivity contribution in [1.29, 1.82) is 0 Å². The molecule has 1 aromatic heterocycles. The van der Waals surface area contributed by atoms with E-state index < -0.39 is 0 Å². The quantitative estimate of drug-likeness (QED) is 0.302. The number of aliphatic hydroxyl groups is 2. The van der Waals surface area contributed by atoms with Gasteiger partial charge < -0.3 is 15.2 Å². The van der Waals surface area contributed by atoms with E-state index in [1.165, 1.54) is 27.5 Å². The molecule has 0 fully saturated rings. The molecular formula is C30H42IrNO2-. The second-order valence-electron chi connectivity index (χ2n) is 11.5. The molecule has 0 aliphatic carbocycles. The van der Waals surface area contributed by atoms with Gasteiger partial charge >= 0.3 is 0 Å². The Labute approximate surface area is 220 Å². The summed E-state index contributed by atoms with van der Waals surface area (Å²) in [6.07, 6.45) is 1.79. The topological polar surface area (TPSA) is 53.4 Å². The number of fused-ring (bicyclic) bond motifs is 1. The van der Waals surface area contributed by atoms with E-state index in [4.69, 9.17) is 15.2 Å². The van der Waals surface area contributed by atoms with Gasteiger partial charge in [-0.15, -0.1) is 34.9 Å². The van der Waals surface area contributed by atoms with Crippen molar-refractivity contribution in [3.05, 3.63) is 64.8 Å². The molecule has 0 aliphatic heterocycles. The standard InChI is InChI=1S/C25H30N.C5H12O2.Ir/c1-16-11-17(2)13-18(12-16)23-20-10-9-19(24(3,4)5)14-21(20)22(15-26-23)25(6,7)8;1-4(6)3-5(2)7;/h9-12,14-15H,1-8H3;4-7H,3H2,1-2H3;/q-1;;. The minimum Gasteiger partial charge on any atom is -0.393 e. The van der Waals surface area contributed by atoms with Gasteiger partial charge in [-0.3, -0.25) is 0 Å².